The summed E-state index contributed by atoms with van der Waals surface area (Å²) in [4.78, 5) is 14.1. The SMILES string of the molecule is CCNc1cc(NCc2cncs2)nc(CC)n1. The molecule has 0 aromatic carbocycles. The van der Waals surface area contributed by atoms with Crippen molar-refractivity contribution < 1.29 is 0 Å². The van der Waals surface area contributed by atoms with Gasteiger partial charge < -0.3 is 10.6 Å². The molecular formula is C12H17N5S. The van der Waals surface area contributed by atoms with Gasteiger partial charge >= 0.3 is 0 Å². The first-order valence-electron chi connectivity index (χ1n) is 6.05. The number of aromatic nitrogens is 3. The summed E-state index contributed by atoms with van der Waals surface area (Å²) in [6.07, 6.45) is 2.69. The molecule has 2 rings (SSSR count). The van der Waals surface area contributed by atoms with E-state index in [4.69, 9.17) is 0 Å². The fourth-order valence-electron chi connectivity index (χ4n) is 1.52. The van der Waals surface area contributed by atoms with E-state index < -0.39 is 0 Å². The number of thiazole rings is 1. The Morgan fingerprint density at radius 1 is 1.17 bits per heavy atom. The molecule has 0 bridgehead atoms. The Hall–Kier alpha value is -1.69. The lowest BCUT2D eigenvalue weighted by Crippen LogP contribution is -2.07. The molecule has 0 saturated heterocycles. The van der Waals surface area contributed by atoms with E-state index in [0.29, 0.717) is 0 Å². The van der Waals surface area contributed by atoms with Crippen molar-refractivity contribution in [2.45, 2.75) is 26.8 Å². The summed E-state index contributed by atoms with van der Waals surface area (Å²) in [6, 6.07) is 1.93. The second-order valence-corrected chi connectivity index (χ2v) is 4.73. The summed E-state index contributed by atoms with van der Waals surface area (Å²) in [6.45, 7) is 5.71. The summed E-state index contributed by atoms with van der Waals surface area (Å²) in [5.74, 6) is 2.57. The number of nitrogens with one attached hydrogen (secondary N) is 2. The van der Waals surface area contributed by atoms with Crippen LogP contribution in [0.25, 0.3) is 0 Å². The molecule has 0 spiro atoms. The summed E-state index contributed by atoms with van der Waals surface area (Å²) in [7, 11) is 0. The van der Waals surface area contributed by atoms with E-state index in [0.717, 1.165) is 37.0 Å². The lowest BCUT2D eigenvalue weighted by Gasteiger charge is -2.09. The van der Waals surface area contributed by atoms with Crippen molar-refractivity contribution in [2.75, 3.05) is 17.2 Å². The molecule has 2 heterocycles. The molecule has 96 valence electrons. The van der Waals surface area contributed by atoms with Gasteiger partial charge in [-0.1, -0.05) is 6.92 Å². The van der Waals surface area contributed by atoms with Crippen LogP contribution in [0, 0.1) is 0 Å². The number of nitrogens with zero attached hydrogens (tertiary/aromatic N) is 3. The quantitative estimate of drug-likeness (QED) is 0.838. The molecule has 2 N–H and O–H groups in total. The molecule has 5 nitrogen and oxygen atoms in total. The zero-order chi connectivity index (χ0) is 12.8. The first-order valence-corrected chi connectivity index (χ1v) is 6.92. The molecule has 18 heavy (non-hydrogen) atoms. The number of hydrogen-bond donors (Lipinski definition) is 2. The maximum atomic E-state index is 4.46. The Morgan fingerprint density at radius 3 is 2.56 bits per heavy atom. The summed E-state index contributed by atoms with van der Waals surface area (Å²) in [5.41, 5.74) is 1.83. The van der Waals surface area contributed by atoms with Gasteiger partial charge in [-0.05, 0) is 6.92 Å². The summed E-state index contributed by atoms with van der Waals surface area (Å²) in [5, 5.41) is 6.51. The molecule has 0 aliphatic rings. The highest BCUT2D eigenvalue weighted by Crippen LogP contribution is 2.14. The van der Waals surface area contributed by atoms with Gasteiger partial charge in [-0.15, -0.1) is 11.3 Å². The van der Waals surface area contributed by atoms with Gasteiger partial charge in [-0.25, -0.2) is 9.97 Å². The Labute approximate surface area is 111 Å². The van der Waals surface area contributed by atoms with E-state index >= 15 is 0 Å². The van der Waals surface area contributed by atoms with Crippen molar-refractivity contribution in [3.05, 3.63) is 28.5 Å². The lowest BCUT2D eigenvalue weighted by atomic mass is 10.4. The van der Waals surface area contributed by atoms with Crippen molar-refractivity contribution in [3.8, 4) is 0 Å². The van der Waals surface area contributed by atoms with Crippen LogP contribution in [0.5, 0.6) is 0 Å². The van der Waals surface area contributed by atoms with Crippen molar-refractivity contribution in [3.63, 3.8) is 0 Å². The Bertz CT molecular complexity index is 483. The summed E-state index contributed by atoms with van der Waals surface area (Å²) >= 11 is 1.63. The molecule has 0 aliphatic carbocycles. The third-order valence-corrected chi connectivity index (χ3v) is 3.15. The lowest BCUT2D eigenvalue weighted by molar-refractivity contribution is 0.930. The van der Waals surface area contributed by atoms with Gasteiger partial charge in [0.1, 0.15) is 17.5 Å². The first kappa shape index (κ1) is 12.8. The van der Waals surface area contributed by atoms with Gasteiger partial charge in [0.25, 0.3) is 0 Å². The van der Waals surface area contributed by atoms with Crippen LogP contribution in [0.1, 0.15) is 24.5 Å². The third-order valence-electron chi connectivity index (χ3n) is 2.37. The Kier molecular flexibility index (Phi) is 4.46. The zero-order valence-corrected chi connectivity index (χ0v) is 11.4. The van der Waals surface area contributed by atoms with E-state index in [2.05, 4.69) is 39.4 Å². The largest absolute Gasteiger partial charge is 0.370 e. The first-order chi connectivity index (χ1) is 8.81. The topological polar surface area (TPSA) is 62.7 Å². The van der Waals surface area contributed by atoms with Crippen LogP contribution >= 0.6 is 11.3 Å². The molecule has 0 unspecified atom stereocenters. The van der Waals surface area contributed by atoms with Crippen LogP contribution in [0.4, 0.5) is 11.6 Å². The van der Waals surface area contributed by atoms with Crippen molar-refractivity contribution >= 4 is 23.0 Å². The van der Waals surface area contributed by atoms with Gasteiger partial charge in [-0.3, -0.25) is 4.98 Å². The van der Waals surface area contributed by atoms with Gasteiger partial charge in [0.15, 0.2) is 0 Å². The number of rotatable bonds is 6. The Morgan fingerprint density at radius 2 is 1.94 bits per heavy atom. The van der Waals surface area contributed by atoms with E-state index in [1.165, 1.54) is 4.88 Å². The average Bonchev–Trinajstić information content (AvgIpc) is 2.89. The average molecular weight is 263 g/mol. The third kappa shape index (κ3) is 3.40. The normalized spacial score (nSPS) is 10.3. The fraction of sp³-hybridized carbons (Fsp3) is 0.417. The molecule has 0 fully saturated rings. The van der Waals surface area contributed by atoms with Crippen LogP contribution in [-0.2, 0) is 13.0 Å². The standard InChI is InChI=1S/C12H17N5S/c1-3-10-16-11(14-4-2)5-12(17-10)15-7-9-6-13-8-18-9/h5-6,8H,3-4,7H2,1-2H3,(H2,14,15,16,17). The van der Waals surface area contributed by atoms with Crippen molar-refractivity contribution in [1.82, 2.24) is 15.0 Å². The van der Waals surface area contributed by atoms with Crippen LogP contribution in [0.15, 0.2) is 17.8 Å². The van der Waals surface area contributed by atoms with Gasteiger partial charge in [0.05, 0.1) is 12.1 Å². The monoisotopic (exact) mass is 263 g/mol. The number of hydrogen-bond acceptors (Lipinski definition) is 6. The maximum absolute atomic E-state index is 4.46. The van der Waals surface area contributed by atoms with E-state index in [1.807, 2.05) is 17.8 Å². The van der Waals surface area contributed by atoms with Crippen LogP contribution in [0.3, 0.4) is 0 Å². The molecule has 0 saturated carbocycles. The fourth-order valence-corrected chi connectivity index (χ4v) is 2.06. The second kappa shape index (κ2) is 6.30. The van der Waals surface area contributed by atoms with Crippen molar-refractivity contribution in [1.29, 1.82) is 0 Å². The molecule has 0 radical (unpaired) electrons. The zero-order valence-electron chi connectivity index (χ0n) is 10.6. The highest BCUT2D eigenvalue weighted by Gasteiger charge is 2.03. The second-order valence-electron chi connectivity index (χ2n) is 3.76. The maximum Gasteiger partial charge on any atom is 0.132 e. The minimum atomic E-state index is 0.746. The highest BCUT2D eigenvalue weighted by molar-refractivity contribution is 7.09. The molecule has 6 heteroatoms. The minimum Gasteiger partial charge on any atom is -0.370 e. The Balaban J connectivity index is 2.08. The van der Waals surface area contributed by atoms with Crippen LogP contribution < -0.4 is 10.6 Å². The molecular weight excluding hydrogens is 246 g/mol. The minimum absolute atomic E-state index is 0.746. The predicted molar refractivity (Wildman–Crippen MR) is 75.0 cm³/mol. The number of anilines is 2. The van der Waals surface area contributed by atoms with E-state index in [-0.39, 0.29) is 0 Å². The highest BCUT2D eigenvalue weighted by atomic mass is 32.1. The molecule has 0 atom stereocenters. The molecule has 2 aromatic rings. The van der Waals surface area contributed by atoms with Gasteiger partial charge in [0.2, 0.25) is 0 Å². The summed E-state index contributed by atoms with van der Waals surface area (Å²) < 4.78 is 0. The smallest absolute Gasteiger partial charge is 0.132 e. The number of aryl methyl sites for hydroxylation is 1. The van der Waals surface area contributed by atoms with Crippen molar-refractivity contribution in [2.24, 2.45) is 0 Å². The molecule has 0 amide bonds. The molecule has 0 aliphatic heterocycles. The molecule has 2 aromatic heterocycles. The van der Waals surface area contributed by atoms with Crippen LogP contribution in [-0.4, -0.2) is 21.5 Å². The van der Waals surface area contributed by atoms with Crippen LogP contribution in [0.2, 0.25) is 0 Å². The van der Waals surface area contributed by atoms with Gasteiger partial charge in [0, 0.05) is 30.1 Å². The van der Waals surface area contributed by atoms with E-state index in [9.17, 15) is 0 Å². The van der Waals surface area contributed by atoms with E-state index in [1.54, 1.807) is 11.3 Å². The van der Waals surface area contributed by atoms with Gasteiger partial charge in [-0.2, -0.15) is 0 Å². The predicted octanol–water partition coefficient (Wildman–Crippen LogP) is 2.54.